The van der Waals surface area contributed by atoms with Crippen molar-refractivity contribution in [3.8, 4) is 21.7 Å². The second-order valence-corrected chi connectivity index (χ2v) is 11.7. The van der Waals surface area contributed by atoms with Crippen LogP contribution < -0.4 is 0 Å². The molecular weight excluding hydrogens is 470 g/mol. The zero-order chi connectivity index (χ0) is 26.9. The highest BCUT2D eigenvalue weighted by Gasteiger charge is 2.17. The first kappa shape index (κ1) is 20.1. The summed E-state index contributed by atoms with van der Waals surface area (Å²) in [7, 11) is 0. The minimum Gasteiger partial charge on any atom is -0.455 e. The standard InChI is InChI=1S/C34H27NOS/c1-34(2,3)20-24-14-16-30(37-24)23-17-18-35-29(19-23)28-10-6-9-26-27-15-13-22-12-11-21-7-4-5-8-25(21)31(22)33(27)36-32(26)28/h4-19H,20H2,1-3H3/i20D2. The predicted molar refractivity (Wildman–Crippen MR) is 158 cm³/mol. The fourth-order valence-electron chi connectivity index (χ4n) is 5.21. The molecule has 0 atom stereocenters. The molecule has 0 spiro atoms. The van der Waals surface area contributed by atoms with E-state index >= 15 is 0 Å². The smallest absolute Gasteiger partial charge is 0.144 e. The molecule has 0 aliphatic rings. The highest BCUT2D eigenvalue weighted by molar-refractivity contribution is 7.15. The Balaban J connectivity index is 1.40. The van der Waals surface area contributed by atoms with Crippen LogP contribution in [-0.2, 0) is 6.37 Å². The predicted octanol–water partition coefficient (Wildman–Crippen LogP) is 10.3. The molecule has 2 nitrogen and oxygen atoms in total. The Bertz CT molecular complexity index is 2040. The maximum Gasteiger partial charge on any atom is 0.144 e. The maximum absolute atomic E-state index is 8.67. The van der Waals surface area contributed by atoms with Gasteiger partial charge in [0.25, 0.3) is 0 Å². The fraction of sp³-hybridized carbons (Fsp3) is 0.147. The van der Waals surface area contributed by atoms with Gasteiger partial charge in [-0.1, -0.05) is 75.4 Å². The van der Waals surface area contributed by atoms with Crippen molar-refractivity contribution >= 4 is 54.8 Å². The van der Waals surface area contributed by atoms with Crippen LogP contribution in [0.3, 0.4) is 0 Å². The number of hydrogen-bond acceptors (Lipinski definition) is 3. The Morgan fingerprint density at radius 1 is 0.784 bits per heavy atom. The molecule has 3 heteroatoms. The van der Waals surface area contributed by atoms with Crippen molar-refractivity contribution in [2.75, 3.05) is 0 Å². The summed E-state index contributed by atoms with van der Waals surface area (Å²) in [4.78, 5) is 6.50. The summed E-state index contributed by atoms with van der Waals surface area (Å²) in [5.74, 6) is 0. The highest BCUT2D eigenvalue weighted by atomic mass is 32.1. The number of aromatic nitrogens is 1. The summed E-state index contributed by atoms with van der Waals surface area (Å²) in [6.07, 6.45) is 0.408. The number of furan rings is 1. The van der Waals surface area contributed by atoms with Crippen molar-refractivity contribution in [1.29, 1.82) is 0 Å². The van der Waals surface area contributed by atoms with Crippen LogP contribution in [0.5, 0.6) is 0 Å². The van der Waals surface area contributed by atoms with Crippen LogP contribution in [0.25, 0.3) is 65.2 Å². The molecule has 4 aromatic carbocycles. The molecule has 0 saturated heterocycles. The lowest BCUT2D eigenvalue weighted by molar-refractivity contribution is 0.414. The average Bonchev–Trinajstić information content (AvgIpc) is 3.58. The second-order valence-electron chi connectivity index (χ2n) is 10.6. The number of fused-ring (bicyclic) bond motifs is 7. The van der Waals surface area contributed by atoms with Crippen LogP contribution in [0.2, 0.25) is 0 Å². The van der Waals surface area contributed by atoms with Gasteiger partial charge in [-0.05, 0) is 69.9 Å². The van der Waals surface area contributed by atoms with Crippen molar-refractivity contribution in [3.63, 3.8) is 0 Å². The first-order valence-electron chi connectivity index (χ1n) is 13.6. The third-order valence-corrected chi connectivity index (χ3v) is 7.85. The minimum atomic E-state index is -1.42. The molecule has 37 heavy (non-hydrogen) atoms. The van der Waals surface area contributed by atoms with Crippen molar-refractivity contribution in [2.24, 2.45) is 5.41 Å². The lowest BCUT2D eigenvalue weighted by Crippen LogP contribution is -2.07. The lowest BCUT2D eigenvalue weighted by atomic mass is 9.92. The second kappa shape index (κ2) is 8.29. The number of rotatable bonds is 3. The third-order valence-electron chi connectivity index (χ3n) is 6.80. The number of benzene rings is 4. The Kier molecular flexibility index (Phi) is 4.51. The Morgan fingerprint density at radius 3 is 2.46 bits per heavy atom. The monoisotopic (exact) mass is 499 g/mol. The molecule has 7 rings (SSSR count). The summed E-state index contributed by atoms with van der Waals surface area (Å²) in [5, 5.41) is 6.84. The third kappa shape index (κ3) is 3.82. The number of para-hydroxylation sites is 1. The Labute approximate surface area is 223 Å². The molecule has 0 saturated carbocycles. The molecule has 0 bridgehead atoms. The first-order chi connectivity index (χ1) is 18.7. The van der Waals surface area contributed by atoms with E-state index in [9.17, 15) is 0 Å². The van der Waals surface area contributed by atoms with Crippen LogP contribution in [0, 0.1) is 5.41 Å². The number of thiophene rings is 1. The van der Waals surface area contributed by atoms with Crippen LogP contribution >= 0.6 is 11.3 Å². The summed E-state index contributed by atoms with van der Waals surface area (Å²) in [5.41, 5.74) is 4.03. The summed E-state index contributed by atoms with van der Waals surface area (Å²) in [6, 6.07) is 31.3. The van der Waals surface area contributed by atoms with Crippen molar-refractivity contribution < 1.29 is 7.16 Å². The summed E-state index contributed by atoms with van der Waals surface area (Å²) in [6.45, 7) is 5.82. The zero-order valence-electron chi connectivity index (χ0n) is 23.0. The Hall–Kier alpha value is -3.95. The van der Waals surface area contributed by atoms with Crippen LogP contribution in [0.1, 0.15) is 28.4 Å². The number of hydrogen-bond donors (Lipinski definition) is 0. The topological polar surface area (TPSA) is 26.0 Å². The van der Waals surface area contributed by atoms with Crippen molar-refractivity contribution in [1.82, 2.24) is 4.98 Å². The van der Waals surface area contributed by atoms with Crippen molar-refractivity contribution in [3.05, 3.63) is 102 Å². The van der Waals surface area contributed by atoms with E-state index in [2.05, 4.69) is 72.8 Å². The molecule has 3 aromatic heterocycles. The molecule has 0 radical (unpaired) electrons. The molecule has 0 unspecified atom stereocenters. The van der Waals surface area contributed by atoms with Gasteiger partial charge in [0.1, 0.15) is 11.2 Å². The quantitative estimate of drug-likeness (QED) is 0.226. The van der Waals surface area contributed by atoms with Gasteiger partial charge in [0.2, 0.25) is 0 Å². The van der Waals surface area contributed by atoms with Gasteiger partial charge < -0.3 is 4.42 Å². The molecule has 0 N–H and O–H groups in total. The molecule has 180 valence electrons. The van der Waals surface area contributed by atoms with Gasteiger partial charge in [-0.15, -0.1) is 11.3 Å². The maximum atomic E-state index is 8.67. The van der Waals surface area contributed by atoms with Gasteiger partial charge in [0, 0.05) is 40.4 Å². The fourth-order valence-corrected chi connectivity index (χ4v) is 6.32. The van der Waals surface area contributed by atoms with Gasteiger partial charge in [0.05, 0.1) is 5.69 Å². The molecule has 0 fully saturated rings. The minimum absolute atomic E-state index is 0.495. The van der Waals surface area contributed by atoms with Gasteiger partial charge in [-0.3, -0.25) is 4.98 Å². The van der Waals surface area contributed by atoms with E-state index in [0.717, 1.165) is 59.3 Å². The van der Waals surface area contributed by atoms with Gasteiger partial charge in [-0.2, -0.15) is 0 Å². The van der Waals surface area contributed by atoms with E-state index in [4.69, 9.17) is 12.1 Å². The van der Waals surface area contributed by atoms with Crippen LogP contribution in [-0.4, -0.2) is 4.98 Å². The van der Waals surface area contributed by atoms with E-state index in [1.807, 2.05) is 45.2 Å². The molecule has 3 heterocycles. The molecular formula is C34H27NOS. The highest BCUT2D eigenvalue weighted by Crippen LogP contribution is 2.41. The molecule has 7 aromatic rings. The molecule has 0 aliphatic carbocycles. The normalized spacial score (nSPS) is 13.5. The SMILES string of the molecule is [2H]C([2H])(c1ccc(-c2ccnc(-c3cccc4c3oc3c4ccc4ccc5ccccc5c43)c2)s1)C(C)(C)C. The molecule has 0 aliphatic heterocycles. The van der Waals surface area contributed by atoms with Gasteiger partial charge >= 0.3 is 0 Å². The van der Waals surface area contributed by atoms with Gasteiger partial charge in [0.15, 0.2) is 0 Å². The first-order valence-corrected chi connectivity index (χ1v) is 13.4. The van der Waals surface area contributed by atoms with E-state index in [0.29, 0.717) is 0 Å². The van der Waals surface area contributed by atoms with Gasteiger partial charge in [-0.25, -0.2) is 0 Å². The van der Waals surface area contributed by atoms with E-state index in [-0.39, 0.29) is 0 Å². The van der Waals surface area contributed by atoms with Crippen LogP contribution in [0.4, 0.5) is 0 Å². The van der Waals surface area contributed by atoms with E-state index in [1.165, 1.54) is 22.1 Å². The number of nitrogens with zero attached hydrogens (tertiary/aromatic N) is 1. The lowest BCUT2D eigenvalue weighted by Gasteiger charge is -2.16. The zero-order valence-corrected chi connectivity index (χ0v) is 21.8. The van der Waals surface area contributed by atoms with E-state index < -0.39 is 11.8 Å². The Morgan fingerprint density at radius 2 is 1.57 bits per heavy atom. The summed E-state index contributed by atoms with van der Waals surface area (Å²) >= 11 is 1.51. The average molecular weight is 500 g/mol. The van der Waals surface area contributed by atoms with Crippen LogP contribution in [0.15, 0.2) is 102 Å². The summed E-state index contributed by atoms with van der Waals surface area (Å²) < 4.78 is 24.1. The van der Waals surface area contributed by atoms with E-state index in [1.54, 1.807) is 0 Å². The largest absolute Gasteiger partial charge is 0.455 e. The van der Waals surface area contributed by atoms with Crippen molar-refractivity contribution in [2.45, 2.75) is 27.1 Å². The number of pyridine rings is 1. The molecule has 0 amide bonds.